The Labute approximate surface area is 128 Å². The molecule has 1 unspecified atom stereocenters. The molecule has 0 saturated carbocycles. The third-order valence-electron chi connectivity index (χ3n) is 2.99. The van der Waals surface area contributed by atoms with Crippen LogP contribution in [0.1, 0.15) is 32.8 Å². The molecule has 1 atom stereocenters. The minimum Gasteiger partial charge on any atom is -0.479 e. The molecule has 0 aromatic heterocycles. The van der Waals surface area contributed by atoms with E-state index in [1.807, 2.05) is 18.2 Å². The highest BCUT2D eigenvalue weighted by Gasteiger charge is 2.28. The number of halogens is 1. The minimum absolute atomic E-state index is 0.0472. The first-order chi connectivity index (χ1) is 9.35. The molecule has 4 nitrogen and oxygen atoms in total. The number of benzene rings is 1. The van der Waals surface area contributed by atoms with Crippen LogP contribution in [0.3, 0.4) is 0 Å². The predicted octanol–water partition coefficient (Wildman–Crippen LogP) is 3.03. The van der Waals surface area contributed by atoms with Crippen molar-refractivity contribution in [1.29, 1.82) is 0 Å². The van der Waals surface area contributed by atoms with E-state index in [1.165, 1.54) is 0 Å². The van der Waals surface area contributed by atoms with Gasteiger partial charge >= 0.3 is 5.97 Å². The van der Waals surface area contributed by atoms with Crippen molar-refractivity contribution in [3.8, 4) is 5.75 Å². The van der Waals surface area contributed by atoms with Gasteiger partial charge in [0.2, 0.25) is 0 Å². The summed E-state index contributed by atoms with van der Waals surface area (Å²) >= 11 is 3.54. The molecule has 1 aromatic rings. The molecule has 1 heterocycles. The molecule has 1 aliphatic rings. The van der Waals surface area contributed by atoms with Crippen molar-refractivity contribution in [3.63, 3.8) is 0 Å². The van der Waals surface area contributed by atoms with Gasteiger partial charge in [-0.2, -0.15) is 0 Å². The van der Waals surface area contributed by atoms with Gasteiger partial charge in [-0.05, 0) is 44.5 Å². The Bertz CT molecular complexity index is 496. The van der Waals surface area contributed by atoms with Gasteiger partial charge in [0.15, 0.2) is 6.10 Å². The molecule has 0 radical (unpaired) electrons. The number of hydrogen-bond acceptors (Lipinski definition) is 4. The van der Waals surface area contributed by atoms with Crippen molar-refractivity contribution in [2.75, 3.05) is 6.61 Å². The Balaban J connectivity index is 2.06. The number of carbonyl (C=O) groups is 1. The smallest absolute Gasteiger partial charge is 0.347 e. The first kappa shape index (κ1) is 15.3. The predicted molar refractivity (Wildman–Crippen MR) is 80.7 cm³/mol. The Morgan fingerprint density at radius 3 is 2.80 bits per heavy atom. The van der Waals surface area contributed by atoms with Gasteiger partial charge in [0.1, 0.15) is 5.75 Å². The van der Waals surface area contributed by atoms with Gasteiger partial charge in [0.25, 0.3) is 0 Å². The van der Waals surface area contributed by atoms with Crippen molar-refractivity contribution in [2.45, 2.75) is 45.4 Å². The highest BCUT2D eigenvalue weighted by molar-refractivity contribution is 9.10. The minimum atomic E-state index is -0.473. The second-order valence-electron chi connectivity index (χ2n) is 5.92. The van der Waals surface area contributed by atoms with Gasteiger partial charge in [0.05, 0.1) is 6.61 Å². The van der Waals surface area contributed by atoms with E-state index < -0.39 is 6.10 Å². The lowest BCUT2D eigenvalue weighted by atomic mass is 10.1. The largest absolute Gasteiger partial charge is 0.479 e. The van der Waals surface area contributed by atoms with E-state index in [2.05, 4.69) is 42.0 Å². The SMILES string of the molecule is CC(C)(C)NCc1cc(OC2CCOC2=O)ccc1Br. The van der Waals surface area contributed by atoms with Crippen LogP contribution in [0.25, 0.3) is 0 Å². The first-order valence-corrected chi connectivity index (χ1v) is 7.51. The van der Waals surface area contributed by atoms with Crippen molar-refractivity contribution in [2.24, 2.45) is 0 Å². The molecule has 2 rings (SSSR count). The van der Waals surface area contributed by atoms with Gasteiger partial charge in [-0.3, -0.25) is 0 Å². The number of cyclic esters (lactones) is 1. The van der Waals surface area contributed by atoms with E-state index in [1.54, 1.807) is 0 Å². The molecule has 1 N–H and O–H groups in total. The number of rotatable bonds is 4. The molecule has 0 spiro atoms. The monoisotopic (exact) mass is 341 g/mol. The zero-order valence-electron chi connectivity index (χ0n) is 12.0. The van der Waals surface area contributed by atoms with Crippen LogP contribution in [0.5, 0.6) is 5.75 Å². The summed E-state index contributed by atoms with van der Waals surface area (Å²) in [4.78, 5) is 11.4. The van der Waals surface area contributed by atoms with Gasteiger partial charge < -0.3 is 14.8 Å². The second kappa shape index (κ2) is 6.14. The van der Waals surface area contributed by atoms with Crippen LogP contribution in [-0.4, -0.2) is 24.2 Å². The normalized spacial score (nSPS) is 19.0. The Kier molecular flexibility index (Phi) is 4.70. The van der Waals surface area contributed by atoms with Gasteiger partial charge in [-0.15, -0.1) is 0 Å². The van der Waals surface area contributed by atoms with E-state index in [9.17, 15) is 4.79 Å². The fourth-order valence-electron chi connectivity index (χ4n) is 1.87. The fourth-order valence-corrected chi connectivity index (χ4v) is 2.26. The summed E-state index contributed by atoms with van der Waals surface area (Å²) in [5.41, 5.74) is 1.15. The summed E-state index contributed by atoms with van der Waals surface area (Å²) in [6, 6.07) is 5.75. The first-order valence-electron chi connectivity index (χ1n) is 6.72. The number of esters is 1. The average Bonchev–Trinajstić information content (AvgIpc) is 2.75. The molecule has 110 valence electrons. The zero-order chi connectivity index (χ0) is 14.8. The number of carbonyl (C=O) groups excluding carboxylic acids is 1. The molecule has 5 heteroatoms. The summed E-state index contributed by atoms with van der Waals surface area (Å²) in [6.45, 7) is 7.54. The molecule has 1 fully saturated rings. The van der Waals surface area contributed by atoms with E-state index in [4.69, 9.17) is 9.47 Å². The van der Waals surface area contributed by atoms with E-state index in [-0.39, 0.29) is 11.5 Å². The zero-order valence-corrected chi connectivity index (χ0v) is 13.6. The standard InChI is InChI=1S/C15H20BrNO3/c1-15(2,3)17-9-10-8-11(4-5-12(10)16)20-13-6-7-19-14(13)18/h4-5,8,13,17H,6-7,9H2,1-3H3. The van der Waals surface area contributed by atoms with Crippen LogP contribution in [0, 0.1) is 0 Å². The molecule has 20 heavy (non-hydrogen) atoms. The van der Waals surface area contributed by atoms with E-state index >= 15 is 0 Å². The van der Waals surface area contributed by atoms with E-state index in [0.717, 1.165) is 16.6 Å². The number of nitrogens with one attached hydrogen (secondary N) is 1. The molecule has 0 aliphatic carbocycles. The van der Waals surface area contributed by atoms with Crippen LogP contribution < -0.4 is 10.1 Å². The molecule has 1 aromatic carbocycles. The van der Waals surface area contributed by atoms with Crippen LogP contribution in [0.2, 0.25) is 0 Å². The van der Waals surface area contributed by atoms with Crippen LogP contribution >= 0.6 is 15.9 Å². The van der Waals surface area contributed by atoms with Crippen molar-refractivity contribution in [3.05, 3.63) is 28.2 Å². The summed E-state index contributed by atoms with van der Waals surface area (Å²) in [5.74, 6) is 0.421. The summed E-state index contributed by atoms with van der Waals surface area (Å²) < 4.78 is 11.6. The maximum Gasteiger partial charge on any atom is 0.347 e. The third-order valence-corrected chi connectivity index (χ3v) is 3.77. The lowest BCUT2D eigenvalue weighted by Gasteiger charge is -2.21. The Morgan fingerprint density at radius 2 is 2.20 bits per heavy atom. The van der Waals surface area contributed by atoms with Gasteiger partial charge in [-0.1, -0.05) is 15.9 Å². The van der Waals surface area contributed by atoms with Crippen LogP contribution in [-0.2, 0) is 16.1 Å². The molecule has 1 saturated heterocycles. The Hall–Kier alpha value is -1.07. The van der Waals surface area contributed by atoms with E-state index in [0.29, 0.717) is 18.8 Å². The lowest BCUT2D eigenvalue weighted by Crippen LogP contribution is -2.35. The topological polar surface area (TPSA) is 47.6 Å². The van der Waals surface area contributed by atoms with Crippen molar-refractivity contribution in [1.82, 2.24) is 5.32 Å². The van der Waals surface area contributed by atoms with Crippen molar-refractivity contribution < 1.29 is 14.3 Å². The Morgan fingerprint density at radius 1 is 1.45 bits per heavy atom. The number of ether oxygens (including phenoxy) is 2. The van der Waals surface area contributed by atoms with Gasteiger partial charge in [0, 0.05) is 23.0 Å². The number of hydrogen-bond donors (Lipinski definition) is 1. The van der Waals surface area contributed by atoms with Crippen LogP contribution in [0.4, 0.5) is 0 Å². The summed E-state index contributed by atoms with van der Waals surface area (Å²) in [6.07, 6.45) is 0.143. The average molecular weight is 342 g/mol. The summed E-state index contributed by atoms with van der Waals surface area (Å²) in [7, 11) is 0. The van der Waals surface area contributed by atoms with Crippen LogP contribution in [0.15, 0.2) is 22.7 Å². The molecular formula is C15H20BrNO3. The molecule has 0 amide bonds. The lowest BCUT2D eigenvalue weighted by molar-refractivity contribution is -0.143. The molecular weight excluding hydrogens is 322 g/mol. The van der Waals surface area contributed by atoms with Crippen molar-refractivity contribution >= 4 is 21.9 Å². The summed E-state index contributed by atoms with van der Waals surface area (Å²) in [5, 5.41) is 3.43. The maximum absolute atomic E-state index is 11.4. The molecule has 0 bridgehead atoms. The van der Waals surface area contributed by atoms with Gasteiger partial charge in [-0.25, -0.2) is 4.79 Å². The highest BCUT2D eigenvalue weighted by atomic mass is 79.9. The highest BCUT2D eigenvalue weighted by Crippen LogP contribution is 2.25. The second-order valence-corrected chi connectivity index (χ2v) is 6.77. The fraction of sp³-hybridized carbons (Fsp3) is 0.533. The maximum atomic E-state index is 11.4. The quantitative estimate of drug-likeness (QED) is 0.855. The molecule has 1 aliphatic heterocycles. The third kappa shape index (κ3) is 4.21.